The van der Waals surface area contributed by atoms with Gasteiger partial charge >= 0.3 is 0 Å². The molecule has 17 heavy (non-hydrogen) atoms. The Labute approximate surface area is 107 Å². The zero-order valence-electron chi connectivity index (χ0n) is 10.4. The fourth-order valence-corrected chi connectivity index (χ4v) is 2.37. The minimum atomic E-state index is -0.0328. The molecule has 0 bridgehead atoms. The Morgan fingerprint density at radius 2 is 2.24 bits per heavy atom. The first kappa shape index (κ1) is 13.8. The molecule has 1 rings (SSSR count). The monoisotopic (exact) mass is 249 g/mol. The number of rotatable bonds is 6. The van der Waals surface area contributed by atoms with Crippen molar-refractivity contribution < 1.29 is 4.79 Å². The number of hydrogen-bond acceptors (Lipinski definition) is 2. The summed E-state index contributed by atoms with van der Waals surface area (Å²) in [7, 11) is 0. The molecule has 1 amide bonds. The van der Waals surface area contributed by atoms with E-state index in [0.29, 0.717) is 6.54 Å². The zero-order chi connectivity index (χ0) is 12.7. The van der Waals surface area contributed by atoms with Gasteiger partial charge in [0.2, 0.25) is 5.91 Å². The minimum Gasteiger partial charge on any atom is -0.352 e. The molecular weight excluding hydrogens is 230 g/mol. The third kappa shape index (κ3) is 4.65. The van der Waals surface area contributed by atoms with E-state index >= 15 is 0 Å². The molecule has 3 heteroatoms. The highest BCUT2D eigenvalue weighted by atomic mass is 32.2. The third-order valence-corrected chi connectivity index (χ3v) is 3.73. The van der Waals surface area contributed by atoms with Crippen LogP contribution in [0.25, 0.3) is 0 Å². The van der Waals surface area contributed by atoms with E-state index in [1.165, 1.54) is 11.1 Å². The first-order valence-electron chi connectivity index (χ1n) is 5.70. The number of hydrogen-bond donors (Lipinski definition) is 1. The molecule has 0 saturated carbocycles. The van der Waals surface area contributed by atoms with Crippen molar-refractivity contribution in [3.63, 3.8) is 0 Å². The van der Waals surface area contributed by atoms with Gasteiger partial charge in [0.25, 0.3) is 0 Å². The first-order chi connectivity index (χ1) is 8.15. The molecule has 0 heterocycles. The summed E-state index contributed by atoms with van der Waals surface area (Å²) in [6, 6.07) is 8.27. The molecule has 92 valence electrons. The quantitative estimate of drug-likeness (QED) is 0.785. The Bertz CT molecular complexity index is 390. The molecule has 1 aromatic carbocycles. The fraction of sp³-hybridized carbons (Fsp3) is 0.357. The molecule has 2 nitrogen and oxygen atoms in total. The fourth-order valence-electron chi connectivity index (χ4n) is 1.38. The Morgan fingerprint density at radius 3 is 2.88 bits per heavy atom. The summed E-state index contributed by atoms with van der Waals surface area (Å²) in [5.41, 5.74) is 2.57. The lowest BCUT2D eigenvalue weighted by Gasteiger charge is -2.11. The molecule has 1 N–H and O–H groups in total. The van der Waals surface area contributed by atoms with Crippen molar-refractivity contribution in [3.05, 3.63) is 48.0 Å². The Kier molecular flexibility index (Phi) is 5.84. The third-order valence-electron chi connectivity index (χ3n) is 2.54. The maximum Gasteiger partial charge on any atom is 0.233 e. The van der Waals surface area contributed by atoms with Crippen molar-refractivity contribution in [2.24, 2.45) is 0 Å². The largest absolute Gasteiger partial charge is 0.352 e. The summed E-state index contributed by atoms with van der Waals surface area (Å²) in [5.74, 6) is 0.943. The number of thioether (sulfide) groups is 1. The van der Waals surface area contributed by atoms with Crippen LogP contribution in [-0.4, -0.2) is 17.7 Å². The van der Waals surface area contributed by atoms with Gasteiger partial charge in [-0.05, 0) is 25.0 Å². The van der Waals surface area contributed by atoms with Crippen LogP contribution in [0, 0.1) is 6.92 Å². The summed E-state index contributed by atoms with van der Waals surface area (Å²) in [6.45, 7) is 8.14. The van der Waals surface area contributed by atoms with Gasteiger partial charge in [-0.25, -0.2) is 0 Å². The SMILES string of the molecule is C=CCNC(=O)C(C)SCc1ccccc1C. The van der Waals surface area contributed by atoms with E-state index < -0.39 is 0 Å². The van der Waals surface area contributed by atoms with Gasteiger partial charge in [0, 0.05) is 12.3 Å². The van der Waals surface area contributed by atoms with E-state index in [9.17, 15) is 4.79 Å². The van der Waals surface area contributed by atoms with Crippen LogP contribution in [-0.2, 0) is 10.5 Å². The topological polar surface area (TPSA) is 29.1 Å². The molecule has 0 aromatic heterocycles. The number of benzene rings is 1. The lowest BCUT2D eigenvalue weighted by atomic mass is 10.1. The summed E-state index contributed by atoms with van der Waals surface area (Å²) in [6.07, 6.45) is 1.69. The van der Waals surface area contributed by atoms with Crippen LogP contribution in [0.5, 0.6) is 0 Å². The molecule has 0 fully saturated rings. The first-order valence-corrected chi connectivity index (χ1v) is 6.74. The minimum absolute atomic E-state index is 0.0328. The van der Waals surface area contributed by atoms with Crippen molar-refractivity contribution in [1.82, 2.24) is 5.32 Å². The molecular formula is C14H19NOS. The van der Waals surface area contributed by atoms with Gasteiger partial charge in [-0.15, -0.1) is 18.3 Å². The second-order valence-electron chi connectivity index (χ2n) is 3.91. The number of nitrogens with one attached hydrogen (secondary N) is 1. The molecule has 1 aromatic rings. The molecule has 0 radical (unpaired) electrons. The summed E-state index contributed by atoms with van der Waals surface area (Å²) < 4.78 is 0. The maximum absolute atomic E-state index is 11.6. The van der Waals surface area contributed by atoms with Gasteiger partial charge in [-0.2, -0.15) is 0 Å². The van der Waals surface area contributed by atoms with E-state index in [-0.39, 0.29) is 11.2 Å². The average molecular weight is 249 g/mol. The number of aryl methyl sites for hydroxylation is 1. The second kappa shape index (κ2) is 7.17. The maximum atomic E-state index is 11.6. The number of carbonyl (C=O) groups is 1. The lowest BCUT2D eigenvalue weighted by molar-refractivity contribution is -0.120. The predicted molar refractivity (Wildman–Crippen MR) is 75.1 cm³/mol. The summed E-state index contributed by atoms with van der Waals surface area (Å²) in [5, 5.41) is 2.77. The van der Waals surface area contributed by atoms with Crippen molar-refractivity contribution in [1.29, 1.82) is 0 Å². The standard InChI is InChI=1S/C14H19NOS/c1-4-9-15-14(16)12(3)17-10-13-8-6-5-7-11(13)2/h4-8,12H,1,9-10H2,2-3H3,(H,15,16). The van der Waals surface area contributed by atoms with E-state index in [1.54, 1.807) is 17.8 Å². The zero-order valence-corrected chi connectivity index (χ0v) is 11.2. The Morgan fingerprint density at radius 1 is 1.53 bits per heavy atom. The summed E-state index contributed by atoms with van der Waals surface area (Å²) >= 11 is 1.66. The smallest absolute Gasteiger partial charge is 0.233 e. The van der Waals surface area contributed by atoms with Gasteiger partial charge in [0.15, 0.2) is 0 Å². The van der Waals surface area contributed by atoms with Crippen LogP contribution in [0.2, 0.25) is 0 Å². The number of carbonyl (C=O) groups excluding carboxylic acids is 1. The molecule has 0 aliphatic heterocycles. The van der Waals surface area contributed by atoms with Crippen LogP contribution in [0.1, 0.15) is 18.1 Å². The Balaban J connectivity index is 2.42. The van der Waals surface area contributed by atoms with Crippen LogP contribution < -0.4 is 5.32 Å². The van der Waals surface area contributed by atoms with Crippen molar-refractivity contribution in [2.75, 3.05) is 6.54 Å². The highest BCUT2D eigenvalue weighted by Crippen LogP contribution is 2.20. The highest BCUT2D eigenvalue weighted by molar-refractivity contribution is 7.99. The van der Waals surface area contributed by atoms with Gasteiger partial charge in [-0.1, -0.05) is 30.3 Å². The molecule has 0 saturated heterocycles. The molecule has 0 aliphatic rings. The van der Waals surface area contributed by atoms with Gasteiger partial charge in [0.05, 0.1) is 5.25 Å². The van der Waals surface area contributed by atoms with E-state index in [1.807, 2.05) is 19.1 Å². The van der Waals surface area contributed by atoms with Crippen molar-refractivity contribution >= 4 is 17.7 Å². The summed E-state index contributed by atoms with van der Waals surface area (Å²) in [4.78, 5) is 11.6. The van der Waals surface area contributed by atoms with E-state index in [4.69, 9.17) is 0 Å². The Hall–Kier alpha value is -1.22. The van der Waals surface area contributed by atoms with Crippen LogP contribution in [0.3, 0.4) is 0 Å². The molecule has 0 spiro atoms. The molecule has 0 aliphatic carbocycles. The van der Waals surface area contributed by atoms with Crippen LogP contribution in [0.4, 0.5) is 0 Å². The van der Waals surface area contributed by atoms with Gasteiger partial charge < -0.3 is 5.32 Å². The van der Waals surface area contributed by atoms with Gasteiger partial charge in [-0.3, -0.25) is 4.79 Å². The van der Waals surface area contributed by atoms with Crippen molar-refractivity contribution in [3.8, 4) is 0 Å². The van der Waals surface area contributed by atoms with E-state index in [0.717, 1.165) is 5.75 Å². The normalized spacial score (nSPS) is 11.9. The van der Waals surface area contributed by atoms with Crippen LogP contribution >= 0.6 is 11.8 Å². The average Bonchev–Trinajstić information content (AvgIpc) is 2.34. The molecule has 1 atom stereocenters. The predicted octanol–water partition coefficient (Wildman–Crippen LogP) is 2.92. The molecule has 1 unspecified atom stereocenters. The van der Waals surface area contributed by atoms with Gasteiger partial charge in [0.1, 0.15) is 0 Å². The second-order valence-corrected chi connectivity index (χ2v) is 5.24. The van der Waals surface area contributed by atoms with Crippen LogP contribution in [0.15, 0.2) is 36.9 Å². The lowest BCUT2D eigenvalue weighted by Crippen LogP contribution is -2.30. The van der Waals surface area contributed by atoms with Crippen molar-refractivity contribution in [2.45, 2.75) is 24.9 Å². The highest BCUT2D eigenvalue weighted by Gasteiger charge is 2.12. The number of amides is 1. The van der Waals surface area contributed by atoms with E-state index in [2.05, 4.69) is 31.0 Å².